The number of carbonyl (C=O) groups is 2. The summed E-state index contributed by atoms with van der Waals surface area (Å²) >= 11 is 0. The van der Waals surface area contributed by atoms with Crippen molar-refractivity contribution < 1.29 is 14.7 Å². The van der Waals surface area contributed by atoms with E-state index in [-0.39, 0.29) is 11.5 Å². The van der Waals surface area contributed by atoms with Gasteiger partial charge in [0.15, 0.2) is 0 Å². The summed E-state index contributed by atoms with van der Waals surface area (Å²) in [5.74, 6) is -1.73. The fourth-order valence-corrected chi connectivity index (χ4v) is 2.96. The van der Waals surface area contributed by atoms with Gasteiger partial charge in [-0.2, -0.15) is 5.26 Å². The van der Waals surface area contributed by atoms with Crippen LogP contribution in [-0.2, 0) is 9.59 Å². The SMILES string of the molecule is N#C/C(=C\c1ccccc1)C(=O)NC[C@@H]1CCCC[C@@H]1C(=O)O. The summed E-state index contributed by atoms with van der Waals surface area (Å²) in [7, 11) is 0. The van der Waals surface area contributed by atoms with E-state index in [1.54, 1.807) is 0 Å². The highest BCUT2D eigenvalue weighted by Crippen LogP contribution is 2.29. The molecule has 5 heteroatoms. The van der Waals surface area contributed by atoms with Gasteiger partial charge in [0.05, 0.1) is 5.92 Å². The predicted octanol–water partition coefficient (Wildman–Crippen LogP) is 2.60. The average Bonchev–Trinajstić information content (AvgIpc) is 2.58. The van der Waals surface area contributed by atoms with Crippen LogP contribution in [0.25, 0.3) is 6.08 Å². The minimum atomic E-state index is -0.802. The molecule has 1 aliphatic carbocycles. The third kappa shape index (κ3) is 4.68. The Bertz CT molecular complexity index is 631. The first kappa shape index (κ1) is 16.8. The van der Waals surface area contributed by atoms with Crippen LogP contribution in [0.1, 0.15) is 31.2 Å². The lowest BCUT2D eigenvalue weighted by Gasteiger charge is -2.28. The highest BCUT2D eigenvalue weighted by molar-refractivity contribution is 6.01. The smallest absolute Gasteiger partial charge is 0.306 e. The number of carbonyl (C=O) groups excluding carboxylic acids is 1. The molecule has 2 rings (SSSR count). The summed E-state index contributed by atoms with van der Waals surface area (Å²) in [6.45, 7) is 0.295. The topological polar surface area (TPSA) is 90.2 Å². The van der Waals surface area contributed by atoms with Crippen LogP contribution in [-0.4, -0.2) is 23.5 Å². The second kappa shape index (κ2) is 8.14. The molecule has 0 aromatic heterocycles. The molecule has 0 bridgehead atoms. The number of hydrogen-bond acceptors (Lipinski definition) is 3. The predicted molar refractivity (Wildman–Crippen MR) is 86.1 cm³/mol. The molecule has 0 radical (unpaired) electrons. The first-order valence-corrected chi connectivity index (χ1v) is 7.79. The summed E-state index contributed by atoms with van der Waals surface area (Å²) in [6, 6.07) is 11.1. The van der Waals surface area contributed by atoms with Gasteiger partial charge in [-0.15, -0.1) is 0 Å². The molecule has 23 heavy (non-hydrogen) atoms. The number of aliphatic carboxylic acids is 1. The summed E-state index contributed by atoms with van der Waals surface area (Å²) in [5.41, 5.74) is 0.805. The molecule has 2 N–H and O–H groups in total. The number of carboxylic acid groups (broad SMARTS) is 1. The lowest BCUT2D eigenvalue weighted by molar-refractivity contribution is -0.145. The van der Waals surface area contributed by atoms with Crippen LogP contribution in [0.15, 0.2) is 35.9 Å². The Labute approximate surface area is 135 Å². The number of benzene rings is 1. The van der Waals surface area contributed by atoms with E-state index in [4.69, 9.17) is 5.26 Å². The maximum atomic E-state index is 12.1. The van der Waals surface area contributed by atoms with Gasteiger partial charge in [-0.1, -0.05) is 43.2 Å². The quantitative estimate of drug-likeness (QED) is 0.646. The molecule has 0 aliphatic heterocycles. The van der Waals surface area contributed by atoms with E-state index >= 15 is 0 Å². The number of nitrogens with one attached hydrogen (secondary N) is 1. The van der Waals surface area contributed by atoms with E-state index in [1.165, 1.54) is 6.08 Å². The van der Waals surface area contributed by atoms with Crippen LogP contribution < -0.4 is 5.32 Å². The molecule has 1 amide bonds. The van der Waals surface area contributed by atoms with Crippen molar-refractivity contribution in [1.29, 1.82) is 5.26 Å². The van der Waals surface area contributed by atoms with Crippen molar-refractivity contribution in [2.45, 2.75) is 25.7 Å². The molecule has 1 saturated carbocycles. The Balaban J connectivity index is 1.99. The Hall–Kier alpha value is -2.61. The van der Waals surface area contributed by atoms with E-state index in [1.807, 2.05) is 36.4 Å². The maximum Gasteiger partial charge on any atom is 0.306 e. The molecule has 1 aliphatic rings. The second-order valence-corrected chi connectivity index (χ2v) is 5.78. The van der Waals surface area contributed by atoms with Crippen LogP contribution >= 0.6 is 0 Å². The third-order valence-electron chi connectivity index (χ3n) is 4.23. The molecule has 0 saturated heterocycles. The molecule has 1 fully saturated rings. The summed E-state index contributed by atoms with van der Waals surface area (Å²) in [6.07, 6.45) is 4.88. The van der Waals surface area contributed by atoms with E-state index < -0.39 is 17.8 Å². The molecular weight excluding hydrogens is 292 g/mol. The largest absolute Gasteiger partial charge is 0.481 e. The molecular formula is C18H20N2O3. The van der Waals surface area contributed by atoms with Crippen LogP contribution in [0.2, 0.25) is 0 Å². The molecule has 0 unspecified atom stereocenters. The van der Waals surface area contributed by atoms with E-state index in [0.29, 0.717) is 13.0 Å². The van der Waals surface area contributed by atoms with Crippen LogP contribution in [0.4, 0.5) is 0 Å². The van der Waals surface area contributed by atoms with Gasteiger partial charge in [-0.05, 0) is 30.4 Å². The first-order valence-electron chi connectivity index (χ1n) is 7.79. The van der Waals surface area contributed by atoms with Crippen molar-refractivity contribution in [3.05, 3.63) is 41.5 Å². The minimum Gasteiger partial charge on any atom is -0.481 e. The number of hydrogen-bond donors (Lipinski definition) is 2. The normalized spacial score (nSPS) is 21.3. The maximum absolute atomic E-state index is 12.1. The van der Waals surface area contributed by atoms with Gasteiger partial charge in [0.25, 0.3) is 5.91 Å². The molecule has 2 atom stereocenters. The zero-order valence-electron chi connectivity index (χ0n) is 12.9. The van der Waals surface area contributed by atoms with E-state index in [0.717, 1.165) is 24.8 Å². The van der Waals surface area contributed by atoms with Gasteiger partial charge < -0.3 is 10.4 Å². The average molecular weight is 312 g/mol. The molecule has 0 spiro atoms. The summed E-state index contributed by atoms with van der Waals surface area (Å²) in [5, 5.41) is 21.1. The number of carboxylic acids is 1. The van der Waals surface area contributed by atoms with Crippen molar-refractivity contribution in [3.8, 4) is 6.07 Å². The van der Waals surface area contributed by atoms with E-state index in [2.05, 4.69) is 5.32 Å². The number of nitriles is 1. The zero-order chi connectivity index (χ0) is 16.7. The second-order valence-electron chi connectivity index (χ2n) is 5.78. The summed E-state index contributed by atoms with van der Waals surface area (Å²) < 4.78 is 0. The van der Waals surface area contributed by atoms with Crippen molar-refractivity contribution in [1.82, 2.24) is 5.32 Å². The van der Waals surface area contributed by atoms with Crippen molar-refractivity contribution in [2.24, 2.45) is 11.8 Å². The fourth-order valence-electron chi connectivity index (χ4n) is 2.96. The van der Waals surface area contributed by atoms with Gasteiger partial charge in [-0.25, -0.2) is 0 Å². The Morgan fingerprint density at radius 2 is 1.96 bits per heavy atom. The number of nitrogens with zero attached hydrogens (tertiary/aromatic N) is 1. The van der Waals surface area contributed by atoms with Gasteiger partial charge in [0.1, 0.15) is 11.6 Å². The lowest BCUT2D eigenvalue weighted by Crippen LogP contribution is -2.37. The summed E-state index contributed by atoms with van der Waals surface area (Å²) in [4.78, 5) is 23.4. The lowest BCUT2D eigenvalue weighted by atomic mass is 9.79. The number of amides is 1. The molecule has 120 valence electrons. The Kier molecular flexibility index (Phi) is 5.93. The highest BCUT2D eigenvalue weighted by Gasteiger charge is 2.30. The first-order chi connectivity index (χ1) is 11.1. The monoisotopic (exact) mass is 312 g/mol. The van der Waals surface area contributed by atoms with Gasteiger partial charge in [-0.3, -0.25) is 9.59 Å². The van der Waals surface area contributed by atoms with Crippen LogP contribution in [0, 0.1) is 23.2 Å². The standard InChI is InChI=1S/C18H20N2O3/c19-11-15(10-13-6-2-1-3-7-13)17(21)20-12-14-8-4-5-9-16(14)18(22)23/h1-3,6-7,10,14,16H,4-5,8-9,12H2,(H,20,21)(H,22,23)/b15-10+/t14-,16-/m0/s1. The van der Waals surface area contributed by atoms with Crippen molar-refractivity contribution >= 4 is 18.0 Å². The molecule has 5 nitrogen and oxygen atoms in total. The van der Waals surface area contributed by atoms with Crippen LogP contribution in [0.3, 0.4) is 0 Å². The van der Waals surface area contributed by atoms with Crippen molar-refractivity contribution in [2.75, 3.05) is 6.54 Å². The van der Waals surface area contributed by atoms with Crippen LogP contribution in [0.5, 0.6) is 0 Å². The molecule has 1 aromatic carbocycles. The third-order valence-corrected chi connectivity index (χ3v) is 4.23. The fraction of sp³-hybridized carbons (Fsp3) is 0.389. The zero-order valence-corrected chi connectivity index (χ0v) is 12.9. The molecule has 0 heterocycles. The highest BCUT2D eigenvalue weighted by atomic mass is 16.4. The van der Waals surface area contributed by atoms with Gasteiger partial charge >= 0.3 is 5.97 Å². The van der Waals surface area contributed by atoms with Crippen molar-refractivity contribution in [3.63, 3.8) is 0 Å². The minimum absolute atomic E-state index is 0.0267. The van der Waals surface area contributed by atoms with Gasteiger partial charge in [0, 0.05) is 6.54 Å². The molecule has 1 aromatic rings. The van der Waals surface area contributed by atoms with E-state index in [9.17, 15) is 14.7 Å². The Morgan fingerprint density at radius 3 is 2.61 bits per heavy atom. The number of rotatable bonds is 5. The Morgan fingerprint density at radius 1 is 1.26 bits per heavy atom. The van der Waals surface area contributed by atoms with Gasteiger partial charge in [0.2, 0.25) is 0 Å².